The van der Waals surface area contributed by atoms with E-state index in [0.29, 0.717) is 6.07 Å². The number of amides is 3. The third kappa shape index (κ3) is 3.56. The van der Waals surface area contributed by atoms with E-state index in [-0.39, 0.29) is 35.7 Å². The monoisotopic (exact) mass is 472 g/mol. The van der Waals surface area contributed by atoms with Gasteiger partial charge < -0.3 is 10.2 Å². The molecule has 1 aliphatic carbocycles. The lowest BCUT2D eigenvalue weighted by Gasteiger charge is -2.27. The summed E-state index contributed by atoms with van der Waals surface area (Å²) in [5, 5.41) is 1.57. The molecule has 12 heteroatoms. The summed E-state index contributed by atoms with van der Waals surface area (Å²) in [6.45, 7) is -0.253. The summed E-state index contributed by atoms with van der Waals surface area (Å²) in [6.07, 6.45) is -1.76. The number of allylic oxidation sites excluding steroid dienone is 1. The van der Waals surface area contributed by atoms with Crippen LogP contribution in [0.3, 0.4) is 0 Å². The SMILES string of the molecule is CN(C(=O)[C@@H]1CNC(=O)N1c1cc(C(F)(F)F)c2c(n1)CC=C2)c1ccc(F)c(Cl)c1F. The third-order valence-corrected chi connectivity index (χ3v) is 5.59. The lowest BCUT2D eigenvalue weighted by atomic mass is 10.1. The molecule has 2 heterocycles. The molecule has 3 amide bonds. The second-order valence-electron chi connectivity index (χ2n) is 7.16. The second-order valence-corrected chi connectivity index (χ2v) is 7.53. The highest BCUT2D eigenvalue weighted by atomic mass is 35.5. The molecule has 2 aliphatic rings. The maximum Gasteiger partial charge on any atom is 0.417 e. The van der Waals surface area contributed by atoms with Crippen LogP contribution in [0.25, 0.3) is 6.08 Å². The minimum absolute atomic E-state index is 0.0936. The molecule has 0 unspecified atom stereocenters. The largest absolute Gasteiger partial charge is 0.417 e. The zero-order chi connectivity index (χ0) is 23.4. The van der Waals surface area contributed by atoms with E-state index >= 15 is 0 Å². The van der Waals surface area contributed by atoms with Crippen LogP contribution in [0.2, 0.25) is 5.02 Å². The molecule has 0 bridgehead atoms. The molecular formula is C20H14ClF5N4O2. The Morgan fingerprint density at radius 1 is 1.31 bits per heavy atom. The van der Waals surface area contributed by atoms with Crippen molar-refractivity contribution in [3.63, 3.8) is 0 Å². The van der Waals surface area contributed by atoms with E-state index in [1.807, 2.05) is 0 Å². The summed E-state index contributed by atoms with van der Waals surface area (Å²) < 4.78 is 68.6. The number of hydrogen-bond acceptors (Lipinski definition) is 3. The van der Waals surface area contributed by atoms with Crippen molar-refractivity contribution in [3.05, 3.63) is 57.8 Å². The number of anilines is 2. The number of nitrogens with one attached hydrogen (secondary N) is 1. The highest BCUT2D eigenvalue weighted by Gasteiger charge is 2.42. The van der Waals surface area contributed by atoms with Gasteiger partial charge in [0.2, 0.25) is 0 Å². The molecule has 1 N–H and O–H groups in total. The fourth-order valence-electron chi connectivity index (χ4n) is 3.66. The Kier molecular flexibility index (Phi) is 5.32. The molecule has 32 heavy (non-hydrogen) atoms. The van der Waals surface area contributed by atoms with Crippen molar-refractivity contribution in [2.45, 2.75) is 18.6 Å². The quantitative estimate of drug-likeness (QED) is 0.539. The summed E-state index contributed by atoms with van der Waals surface area (Å²) in [6, 6.07) is 0.405. The Morgan fingerprint density at radius 2 is 2.03 bits per heavy atom. The average molecular weight is 473 g/mol. The van der Waals surface area contributed by atoms with Gasteiger partial charge >= 0.3 is 12.2 Å². The first-order valence-electron chi connectivity index (χ1n) is 9.26. The fraction of sp³-hybridized carbons (Fsp3) is 0.250. The first-order valence-corrected chi connectivity index (χ1v) is 9.64. The summed E-state index contributed by atoms with van der Waals surface area (Å²) >= 11 is 5.57. The zero-order valence-corrected chi connectivity index (χ0v) is 17.1. The van der Waals surface area contributed by atoms with Crippen molar-refractivity contribution in [1.29, 1.82) is 0 Å². The summed E-state index contributed by atoms with van der Waals surface area (Å²) in [4.78, 5) is 31.3. The molecule has 168 valence electrons. The number of carbonyl (C=O) groups is 2. The molecule has 0 saturated carbocycles. The van der Waals surface area contributed by atoms with Crippen molar-refractivity contribution < 1.29 is 31.5 Å². The predicted octanol–water partition coefficient (Wildman–Crippen LogP) is 4.16. The molecule has 1 aromatic carbocycles. The van der Waals surface area contributed by atoms with Gasteiger partial charge in [-0.15, -0.1) is 0 Å². The third-order valence-electron chi connectivity index (χ3n) is 5.24. The number of benzene rings is 1. The number of nitrogens with zero attached hydrogens (tertiary/aromatic N) is 3. The van der Waals surface area contributed by atoms with E-state index in [4.69, 9.17) is 11.6 Å². The van der Waals surface area contributed by atoms with Gasteiger partial charge in [0.05, 0.1) is 16.9 Å². The Hall–Kier alpha value is -3.21. The van der Waals surface area contributed by atoms with Crippen molar-refractivity contribution in [2.75, 3.05) is 23.4 Å². The number of halogens is 6. The van der Waals surface area contributed by atoms with Gasteiger partial charge in [-0.1, -0.05) is 23.8 Å². The number of hydrogen-bond donors (Lipinski definition) is 1. The Balaban J connectivity index is 1.72. The van der Waals surface area contributed by atoms with E-state index in [1.54, 1.807) is 0 Å². The van der Waals surface area contributed by atoms with Gasteiger partial charge in [-0.3, -0.25) is 9.69 Å². The second kappa shape index (κ2) is 7.73. The number of fused-ring (bicyclic) bond motifs is 1. The number of pyridine rings is 1. The van der Waals surface area contributed by atoms with Crippen LogP contribution < -0.4 is 15.1 Å². The zero-order valence-electron chi connectivity index (χ0n) is 16.3. The van der Waals surface area contributed by atoms with Crippen LogP contribution in [0.5, 0.6) is 0 Å². The molecule has 1 atom stereocenters. The molecule has 2 aromatic rings. The molecule has 4 rings (SSSR count). The molecule has 1 fully saturated rings. The van der Waals surface area contributed by atoms with Crippen molar-refractivity contribution in [2.24, 2.45) is 0 Å². The highest BCUT2D eigenvalue weighted by Crippen LogP contribution is 2.38. The number of carbonyl (C=O) groups excluding carboxylic acids is 2. The minimum Gasteiger partial charge on any atom is -0.335 e. The normalized spacial score (nSPS) is 17.5. The van der Waals surface area contributed by atoms with Crippen LogP contribution in [0, 0.1) is 11.6 Å². The van der Waals surface area contributed by atoms with Gasteiger partial charge in [0.1, 0.15) is 22.7 Å². The van der Waals surface area contributed by atoms with E-state index < -0.39 is 46.4 Å². The van der Waals surface area contributed by atoms with Crippen LogP contribution in [-0.4, -0.2) is 36.6 Å². The Morgan fingerprint density at radius 3 is 2.72 bits per heavy atom. The molecular weight excluding hydrogens is 459 g/mol. The number of rotatable bonds is 3. The van der Waals surface area contributed by atoms with Crippen LogP contribution >= 0.6 is 11.6 Å². The van der Waals surface area contributed by atoms with Crippen molar-refractivity contribution in [3.8, 4) is 0 Å². The summed E-state index contributed by atoms with van der Waals surface area (Å²) in [5.74, 6) is -3.41. The minimum atomic E-state index is -4.71. The lowest BCUT2D eigenvalue weighted by molar-refractivity contribution is -0.137. The lowest BCUT2D eigenvalue weighted by Crippen LogP contribution is -2.47. The number of alkyl halides is 3. The summed E-state index contributed by atoms with van der Waals surface area (Å²) in [5.41, 5.74) is -1.32. The topological polar surface area (TPSA) is 65.5 Å². The first kappa shape index (κ1) is 22.0. The van der Waals surface area contributed by atoms with Gasteiger partial charge in [-0.25, -0.2) is 18.6 Å². The fourth-order valence-corrected chi connectivity index (χ4v) is 3.82. The predicted molar refractivity (Wildman–Crippen MR) is 106 cm³/mol. The molecule has 0 radical (unpaired) electrons. The molecule has 6 nitrogen and oxygen atoms in total. The van der Waals surface area contributed by atoms with E-state index in [2.05, 4.69) is 10.3 Å². The van der Waals surface area contributed by atoms with Crippen molar-refractivity contribution in [1.82, 2.24) is 10.3 Å². The number of urea groups is 1. The molecule has 1 saturated heterocycles. The van der Waals surface area contributed by atoms with Gasteiger partial charge in [0.15, 0.2) is 5.82 Å². The smallest absolute Gasteiger partial charge is 0.335 e. The maximum atomic E-state index is 14.4. The van der Waals surface area contributed by atoms with Crippen LogP contribution in [0.4, 0.5) is 38.3 Å². The average Bonchev–Trinajstić information content (AvgIpc) is 3.35. The number of likely N-dealkylation sites (N-methyl/N-ethyl adjacent to an activating group) is 1. The van der Waals surface area contributed by atoms with Gasteiger partial charge in [0.25, 0.3) is 5.91 Å². The summed E-state index contributed by atoms with van der Waals surface area (Å²) in [7, 11) is 1.18. The van der Waals surface area contributed by atoms with E-state index in [0.717, 1.165) is 21.9 Å². The number of aromatic nitrogens is 1. The molecule has 1 aromatic heterocycles. The Labute approximate surface area is 183 Å². The maximum absolute atomic E-state index is 14.4. The van der Waals surface area contributed by atoms with Gasteiger partial charge in [-0.05, 0) is 18.2 Å². The van der Waals surface area contributed by atoms with Crippen molar-refractivity contribution >= 4 is 41.1 Å². The highest BCUT2D eigenvalue weighted by molar-refractivity contribution is 6.31. The Bertz CT molecular complexity index is 1170. The molecule has 1 aliphatic heterocycles. The van der Waals surface area contributed by atoms with Crippen LogP contribution in [-0.2, 0) is 17.4 Å². The van der Waals surface area contributed by atoms with Gasteiger partial charge in [0, 0.05) is 25.6 Å². The van der Waals surface area contributed by atoms with E-state index in [1.165, 1.54) is 19.2 Å². The standard InChI is InChI=1S/C20H14ClF5N4O2/c1-29(13-6-5-11(22)16(21)17(13)23)18(31)14-8-27-19(32)30(14)15-7-10(20(24,25)26)9-3-2-4-12(9)28-15/h2-3,5-7,14H,4,8H2,1H3,(H,27,32)/t14-/m0/s1. The van der Waals surface area contributed by atoms with Gasteiger partial charge in [-0.2, -0.15) is 13.2 Å². The first-order chi connectivity index (χ1) is 15.0. The molecule has 0 spiro atoms. The van der Waals surface area contributed by atoms with E-state index in [9.17, 15) is 31.5 Å². The van der Waals surface area contributed by atoms with Crippen LogP contribution in [0.1, 0.15) is 16.8 Å². The van der Waals surface area contributed by atoms with Crippen LogP contribution in [0.15, 0.2) is 24.3 Å².